The molecule has 0 atom stereocenters. The molecule has 0 saturated heterocycles. The van der Waals surface area contributed by atoms with Crippen LogP contribution in [0.25, 0.3) is 21.9 Å². The highest BCUT2D eigenvalue weighted by atomic mass is 79.9. The first-order chi connectivity index (χ1) is 11.2. The van der Waals surface area contributed by atoms with E-state index in [1.165, 1.54) is 0 Å². The van der Waals surface area contributed by atoms with E-state index in [0.29, 0.717) is 11.4 Å². The van der Waals surface area contributed by atoms with Crippen molar-refractivity contribution in [1.82, 2.24) is 15.0 Å². The number of hydrogen-bond acceptors (Lipinski definition) is 4. The van der Waals surface area contributed by atoms with Gasteiger partial charge in [-0.05, 0) is 30.3 Å². The summed E-state index contributed by atoms with van der Waals surface area (Å²) in [6, 6.07) is 15.6. The highest BCUT2D eigenvalue weighted by Crippen LogP contribution is 2.27. The number of nitriles is 1. The van der Waals surface area contributed by atoms with Gasteiger partial charge >= 0.3 is 0 Å². The molecule has 0 spiro atoms. The first kappa shape index (κ1) is 13.7. The first-order valence-corrected chi connectivity index (χ1v) is 7.73. The summed E-state index contributed by atoms with van der Waals surface area (Å²) in [5, 5.41) is 13.5. The number of nitrogens with one attached hydrogen (secondary N) is 2. The second kappa shape index (κ2) is 5.38. The van der Waals surface area contributed by atoms with E-state index in [-0.39, 0.29) is 0 Å². The third kappa shape index (κ3) is 2.41. The van der Waals surface area contributed by atoms with Crippen LogP contribution in [0.2, 0.25) is 0 Å². The summed E-state index contributed by atoms with van der Waals surface area (Å²) in [7, 11) is 0. The molecule has 0 amide bonds. The van der Waals surface area contributed by atoms with Crippen LogP contribution in [-0.2, 0) is 0 Å². The first-order valence-electron chi connectivity index (χ1n) is 6.94. The Bertz CT molecular complexity index is 1080. The van der Waals surface area contributed by atoms with Crippen molar-refractivity contribution >= 4 is 49.4 Å². The smallest absolute Gasteiger partial charge is 0.149 e. The van der Waals surface area contributed by atoms with Gasteiger partial charge in [0.2, 0.25) is 0 Å². The maximum Gasteiger partial charge on any atom is 0.149 e. The number of aromatic amines is 1. The van der Waals surface area contributed by atoms with Gasteiger partial charge in [-0.3, -0.25) is 0 Å². The Morgan fingerprint density at radius 3 is 2.87 bits per heavy atom. The SMILES string of the molecule is N#Cc1cc2ccc3[nH]cnc3c2nc1Nc1cccc(Br)c1. The number of fused-ring (bicyclic) bond motifs is 3. The molecule has 5 nitrogen and oxygen atoms in total. The van der Waals surface area contributed by atoms with Crippen molar-refractivity contribution in [2.75, 3.05) is 5.32 Å². The summed E-state index contributed by atoms with van der Waals surface area (Å²) < 4.78 is 0.955. The second-order valence-electron chi connectivity index (χ2n) is 5.07. The van der Waals surface area contributed by atoms with E-state index >= 15 is 0 Å². The average Bonchev–Trinajstić information content (AvgIpc) is 3.03. The van der Waals surface area contributed by atoms with E-state index in [1.54, 1.807) is 6.33 Å². The Morgan fingerprint density at radius 2 is 2.04 bits per heavy atom. The summed E-state index contributed by atoms with van der Waals surface area (Å²) >= 11 is 3.44. The number of pyridine rings is 1. The maximum absolute atomic E-state index is 9.42. The standard InChI is InChI=1S/C17H10BrN5/c18-12-2-1-3-13(7-12)22-17-11(8-19)6-10-4-5-14-16(15(10)23-17)21-9-20-14/h1-7,9H,(H,20,21)(H,22,23). The molecule has 0 aliphatic heterocycles. The van der Waals surface area contributed by atoms with Crippen molar-refractivity contribution in [3.63, 3.8) is 0 Å². The Hall–Kier alpha value is -2.91. The van der Waals surface area contributed by atoms with Crippen LogP contribution in [0.15, 0.2) is 53.3 Å². The van der Waals surface area contributed by atoms with Crippen LogP contribution in [-0.4, -0.2) is 15.0 Å². The van der Waals surface area contributed by atoms with E-state index in [9.17, 15) is 5.26 Å². The molecule has 0 radical (unpaired) electrons. The molecule has 2 N–H and O–H groups in total. The van der Waals surface area contributed by atoms with Crippen molar-refractivity contribution in [2.24, 2.45) is 0 Å². The van der Waals surface area contributed by atoms with Gasteiger partial charge in [0, 0.05) is 15.5 Å². The Labute approximate surface area is 140 Å². The zero-order chi connectivity index (χ0) is 15.8. The van der Waals surface area contributed by atoms with Crippen molar-refractivity contribution in [1.29, 1.82) is 5.26 Å². The largest absolute Gasteiger partial charge is 0.345 e. The van der Waals surface area contributed by atoms with Crippen molar-refractivity contribution in [2.45, 2.75) is 0 Å². The van der Waals surface area contributed by atoms with Gasteiger partial charge in [-0.15, -0.1) is 0 Å². The zero-order valence-electron chi connectivity index (χ0n) is 11.8. The minimum Gasteiger partial charge on any atom is -0.345 e. The Kier molecular flexibility index (Phi) is 3.21. The van der Waals surface area contributed by atoms with E-state index in [2.05, 4.69) is 42.3 Å². The lowest BCUT2D eigenvalue weighted by atomic mass is 10.1. The maximum atomic E-state index is 9.42. The molecule has 0 fully saturated rings. The molecule has 2 aromatic heterocycles. The highest BCUT2D eigenvalue weighted by Gasteiger charge is 2.11. The molecule has 2 aromatic carbocycles. The summed E-state index contributed by atoms with van der Waals surface area (Å²) in [6.07, 6.45) is 1.64. The average molecular weight is 364 g/mol. The number of aromatic nitrogens is 3. The molecule has 4 rings (SSSR count). The van der Waals surface area contributed by atoms with Crippen LogP contribution >= 0.6 is 15.9 Å². The minimum absolute atomic E-state index is 0.493. The van der Waals surface area contributed by atoms with E-state index < -0.39 is 0 Å². The van der Waals surface area contributed by atoms with Crippen molar-refractivity contribution in [3.8, 4) is 6.07 Å². The molecular weight excluding hydrogens is 354 g/mol. The molecule has 6 heteroatoms. The third-order valence-electron chi connectivity index (χ3n) is 3.58. The number of halogens is 1. The number of hydrogen-bond donors (Lipinski definition) is 2. The number of benzene rings is 2. The van der Waals surface area contributed by atoms with E-state index in [0.717, 1.165) is 32.1 Å². The monoisotopic (exact) mass is 363 g/mol. The van der Waals surface area contributed by atoms with Gasteiger partial charge in [0.25, 0.3) is 0 Å². The number of anilines is 2. The normalized spacial score (nSPS) is 10.8. The number of imidazole rings is 1. The van der Waals surface area contributed by atoms with Gasteiger partial charge in [0.1, 0.15) is 22.9 Å². The summed E-state index contributed by atoms with van der Waals surface area (Å²) in [5.74, 6) is 0.522. The molecule has 110 valence electrons. The fourth-order valence-corrected chi connectivity index (χ4v) is 2.92. The van der Waals surface area contributed by atoms with Crippen molar-refractivity contribution in [3.05, 3.63) is 58.8 Å². The van der Waals surface area contributed by atoms with E-state index in [1.807, 2.05) is 42.5 Å². The molecule has 0 aliphatic rings. The molecular formula is C17H10BrN5. The Morgan fingerprint density at radius 1 is 1.13 bits per heavy atom. The van der Waals surface area contributed by atoms with Crippen LogP contribution in [0.3, 0.4) is 0 Å². The molecule has 0 aliphatic carbocycles. The lowest BCUT2D eigenvalue weighted by Gasteiger charge is -2.09. The molecule has 2 heterocycles. The molecule has 0 unspecified atom stereocenters. The van der Waals surface area contributed by atoms with Gasteiger partial charge in [-0.25, -0.2) is 9.97 Å². The predicted molar refractivity (Wildman–Crippen MR) is 93.5 cm³/mol. The lowest BCUT2D eigenvalue weighted by molar-refractivity contribution is 1.33. The fraction of sp³-hybridized carbons (Fsp3) is 0. The van der Waals surface area contributed by atoms with Crippen molar-refractivity contribution < 1.29 is 0 Å². The number of nitrogens with zero attached hydrogens (tertiary/aromatic N) is 3. The van der Waals surface area contributed by atoms with Gasteiger partial charge in [-0.1, -0.05) is 28.1 Å². The molecule has 23 heavy (non-hydrogen) atoms. The zero-order valence-corrected chi connectivity index (χ0v) is 13.4. The van der Waals surface area contributed by atoms with Crippen LogP contribution in [0.5, 0.6) is 0 Å². The summed E-state index contributed by atoms with van der Waals surface area (Å²) in [6.45, 7) is 0. The predicted octanol–water partition coefficient (Wildman–Crippen LogP) is 4.49. The highest BCUT2D eigenvalue weighted by molar-refractivity contribution is 9.10. The molecule has 0 saturated carbocycles. The molecule has 0 bridgehead atoms. The number of rotatable bonds is 2. The summed E-state index contributed by atoms with van der Waals surface area (Å²) in [4.78, 5) is 12.0. The van der Waals surface area contributed by atoms with Crippen LogP contribution in [0.4, 0.5) is 11.5 Å². The quantitative estimate of drug-likeness (QED) is 0.549. The van der Waals surface area contributed by atoms with Gasteiger partial charge in [0.05, 0.1) is 17.4 Å². The molecule has 4 aromatic rings. The minimum atomic E-state index is 0.493. The number of H-pyrrole nitrogens is 1. The fourth-order valence-electron chi connectivity index (χ4n) is 2.52. The van der Waals surface area contributed by atoms with Crippen LogP contribution in [0, 0.1) is 11.3 Å². The Balaban J connectivity index is 1.92. The van der Waals surface area contributed by atoms with Gasteiger partial charge < -0.3 is 10.3 Å². The van der Waals surface area contributed by atoms with E-state index in [4.69, 9.17) is 0 Å². The topological polar surface area (TPSA) is 77.4 Å². The van der Waals surface area contributed by atoms with Crippen LogP contribution < -0.4 is 5.32 Å². The third-order valence-corrected chi connectivity index (χ3v) is 4.08. The van der Waals surface area contributed by atoms with Crippen LogP contribution in [0.1, 0.15) is 5.56 Å². The lowest BCUT2D eigenvalue weighted by Crippen LogP contribution is -1.98. The second-order valence-corrected chi connectivity index (χ2v) is 5.98. The summed E-state index contributed by atoms with van der Waals surface area (Å²) in [5.41, 5.74) is 3.83. The van der Waals surface area contributed by atoms with Gasteiger partial charge in [-0.2, -0.15) is 5.26 Å². The van der Waals surface area contributed by atoms with Gasteiger partial charge in [0.15, 0.2) is 0 Å².